The number of pyridine rings is 1. The third-order valence-corrected chi connectivity index (χ3v) is 7.52. The van der Waals surface area contributed by atoms with Gasteiger partial charge in [0, 0.05) is 40.8 Å². The van der Waals surface area contributed by atoms with Crippen molar-refractivity contribution in [2.75, 3.05) is 0 Å². The number of hydrogen-bond acceptors (Lipinski definition) is 7. The molecule has 0 unspecified atom stereocenters. The summed E-state index contributed by atoms with van der Waals surface area (Å²) in [5.74, 6) is 0.547. The van der Waals surface area contributed by atoms with E-state index in [-0.39, 0.29) is 17.5 Å². The first-order valence-electron chi connectivity index (χ1n) is 14.9. The van der Waals surface area contributed by atoms with Gasteiger partial charge >= 0.3 is 0 Å². The molecule has 48 heavy (non-hydrogen) atoms. The van der Waals surface area contributed by atoms with Gasteiger partial charge < -0.3 is 22.6 Å². The van der Waals surface area contributed by atoms with Gasteiger partial charge in [0.2, 0.25) is 0 Å². The molecule has 0 saturated carbocycles. The molecule has 10 N–H and O–H groups in total. The molecule has 0 radical (unpaired) electrons. The van der Waals surface area contributed by atoms with Crippen LogP contribution in [0.1, 0.15) is 29.6 Å². The summed E-state index contributed by atoms with van der Waals surface area (Å²) in [6.45, 7) is 1.67. The summed E-state index contributed by atoms with van der Waals surface area (Å²) in [6.07, 6.45) is 5.18. The van der Waals surface area contributed by atoms with E-state index in [1.165, 1.54) is 0 Å². The molecule has 10 nitrogen and oxygen atoms in total. The normalized spacial score (nSPS) is 10.4. The fraction of sp³-hybridized carbons (Fsp3) is 0.0263. The zero-order valence-electron chi connectivity index (χ0n) is 26.2. The van der Waals surface area contributed by atoms with E-state index in [1.54, 1.807) is 31.6 Å². The number of benzene rings is 4. The van der Waals surface area contributed by atoms with Crippen molar-refractivity contribution < 1.29 is 0 Å². The highest BCUT2D eigenvalue weighted by Gasteiger charge is 2.06. The van der Waals surface area contributed by atoms with E-state index in [9.17, 15) is 0 Å². The molecule has 0 fully saturated rings. The molecule has 0 aliphatic rings. The molecule has 0 saturated heterocycles. The van der Waals surface area contributed by atoms with E-state index in [0.717, 1.165) is 44.5 Å². The van der Waals surface area contributed by atoms with Crippen molar-refractivity contribution in [3.63, 3.8) is 0 Å². The van der Waals surface area contributed by atoms with Crippen molar-refractivity contribution >= 4 is 23.2 Å². The fourth-order valence-corrected chi connectivity index (χ4v) is 4.79. The molecule has 0 spiro atoms. The third-order valence-electron chi connectivity index (χ3n) is 7.52. The van der Waals surface area contributed by atoms with E-state index in [2.05, 4.69) is 15.0 Å². The summed E-state index contributed by atoms with van der Waals surface area (Å²) in [5, 5.41) is 29.8. The van der Waals surface area contributed by atoms with Crippen molar-refractivity contribution in [3.05, 3.63) is 150 Å². The average Bonchev–Trinajstić information content (AvgIpc) is 3.12. The van der Waals surface area contributed by atoms with Crippen LogP contribution in [0.4, 0.5) is 0 Å². The molecule has 2 aromatic heterocycles. The van der Waals surface area contributed by atoms with Gasteiger partial charge in [0.15, 0.2) is 5.82 Å². The molecular formula is C38H34N10. The topological polar surface area (TPSA) is 212 Å². The van der Waals surface area contributed by atoms with Gasteiger partial charge in [-0.25, -0.2) is 9.97 Å². The molecular weight excluding hydrogens is 596 g/mol. The molecule has 0 bridgehead atoms. The lowest BCUT2D eigenvalue weighted by Crippen LogP contribution is -2.12. The molecule has 236 valence electrons. The summed E-state index contributed by atoms with van der Waals surface area (Å²) in [7, 11) is 0. The highest BCUT2D eigenvalue weighted by molar-refractivity contribution is 5.96. The Kier molecular flexibility index (Phi) is 9.86. The van der Waals surface area contributed by atoms with Crippen LogP contribution in [-0.4, -0.2) is 38.2 Å². The molecule has 0 atom stereocenters. The number of nitrogens with zero attached hydrogens (tertiary/aromatic N) is 3. The molecule has 0 amide bonds. The second-order valence-corrected chi connectivity index (χ2v) is 10.9. The van der Waals surface area contributed by atoms with Crippen LogP contribution in [0.3, 0.4) is 0 Å². The summed E-state index contributed by atoms with van der Waals surface area (Å²) in [5.41, 5.74) is 26.9. The number of nitrogens with two attached hydrogens (primary N) is 3. The van der Waals surface area contributed by atoms with Crippen LogP contribution >= 0.6 is 0 Å². The Balaban J connectivity index is 0.000000188. The molecule has 6 aromatic rings. The van der Waals surface area contributed by atoms with Gasteiger partial charge in [-0.1, -0.05) is 103 Å². The number of aromatic nitrogens is 3. The molecule has 2 heterocycles. The number of rotatable bonds is 8. The van der Waals surface area contributed by atoms with Crippen molar-refractivity contribution in [3.8, 4) is 44.5 Å². The first-order chi connectivity index (χ1) is 23.1. The lowest BCUT2D eigenvalue weighted by Gasteiger charge is -2.06. The second-order valence-electron chi connectivity index (χ2n) is 10.9. The summed E-state index contributed by atoms with van der Waals surface area (Å²) in [6, 6.07) is 35.1. The Hall–Kier alpha value is -6.81. The van der Waals surface area contributed by atoms with Crippen LogP contribution in [0, 0.1) is 21.6 Å². The Morgan fingerprint density at radius 3 is 1.02 bits per heavy atom. The van der Waals surface area contributed by atoms with Crippen LogP contribution in [0.2, 0.25) is 0 Å². The summed E-state index contributed by atoms with van der Waals surface area (Å²) >= 11 is 0. The van der Waals surface area contributed by atoms with Crippen molar-refractivity contribution in [1.82, 2.24) is 15.0 Å². The molecule has 0 aliphatic carbocycles. The maximum atomic E-state index is 7.53. The summed E-state index contributed by atoms with van der Waals surface area (Å²) < 4.78 is 0. The van der Waals surface area contributed by atoms with E-state index in [1.807, 2.05) is 103 Å². The van der Waals surface area contributed by atoms with Crippen LogP contribution < -0.4 is 17.2 Å². The lowest BCUT2D eigenvalue weighted by atomic mass is 10.00. The smallest absolute Gasteiger partial charge is 0.172 e. The van der Waals surface area contributed by atoms with Gasteiger partial charge in [-0.05, 0) is 46.4 Å². The van der Waals surface area contributed by atoms with Crippen molar-refractivity contribution in [2.24, 2.45) is 17.2 Å². The third kappa shape index (κ3) is 7.88. The first-order valence-corrected chi connectivity index (χ1v) is 14.9. The predicted molar refractivity (Wildman–Crippen MR) is 194 cm³/mol. The predicted octanol–water partition coefficient (Wildman–Crippen LogP) is 6.47. The summed E-state index contributed by atoms with van der Waals surface area (Å²) in [4.78, 5) is 12.6. The Morgan fingerprint density at radius 1 is 0.396 bits per heavy atom. The highest BCUT2D eigenvalue weighted by atomic mass is 14.9. The number of amidine groups is 3. The van der Waals surface area contributed by atoms with Crippen molar-refractivity contribution in [1.29, 1.82) is 21.6 Å². The highest BCUT2D eigenvalue weighted by Crippen LogP contribution is 2.26. The molecule has 6 rings (SSSR count). The average molecular weight is 631 g/mol. The fourth-order valence-electron chi connectivity index (χ4n) is 4.79. The first kappa shape index (κ1) is 32.6. The van der Waals surface area contributed by atoms with Crippen LogP contribution in [0.15, 0.2) is 128 Å². The molecule has 4 aromatic carbocycles. The Bertz CT molecular complexity index is 1760. The van der Waals surface area contributed by atoms with Gasteiger partial charge in [-0.3, -0.25) is 21.2 Å². The monoisotopic (exact) mass is 630 g/mol. The van der Waals surface area contributed by atoms with E-state index in [4.69, 9.17) is 38.8 Å². The minimum Gasteiger partial charge on any atom is -0.384 e. The zero-order valence-corrected chi connectivity index (χ0v) is 26.2. The van der Waals surface area contributed by atoms with E-state index in [0.29, 0.717) is 28.4 Å². The largest absolute Gasteiger partial charge is 0.384 e. The molecule has 0 aliphatic heterocycles. The minimum absolute atomic E-state index is 0.0362. The Morgan fingerprint density at radius 2 is 0.708 bits per heavy atom. The van der Waals surface area contributed by atoms with Crippen LogP contribution in [-0.2, 0) is 0 Å². The van der Waals surface area contributed by atoms with Gasteiger partial charge in [0.1, 0.15) is 23.2 Å². The maximum Gasteiger partial charge on any atom is 0.172 e. The van der Waals surface area contributed by atoms with E-state index >= 15 is 0 Å². The maximum absolute atomic E-state index is 7.53. The van der Waals surface area contributed by atoms with Gasteiger partial charge in [0.05, 0.1) is 5.71 Å². The van der Waals surface area contributed by atoms with Crippen LogP contribution in [0.5, 0.6) is 0 Å². The lowest BCUT2D eigenvalue weighted by molar-refractivity contribution is 1.12. The quantitative estimate of drug-likeness (QED) is 0.0739. The Labute approximate surface area is 278 Å². The van der Waals surface area contributed by atoms with Gasteiger partial charge in [0.25, 0.3) is 0 Å². The SMILES string of the molecule is CC(=N)c1ncc(-c2ccc(-c3ccc(C(=N)N)cc3)cc2)cn1.N=C(N)c1ccc(-c2ccc(-c3ccc(C(=N)N)nc3)cc2)cc1. The van der Waals surface area contributed by atoms with Crippen molar-refractivity contribution in [2.45, 2.75) is 6.92 Å². The minimum atomic E-state index is -0.0362. The standard InChI is InChI=1S/2C19H17N5/c1-12(20)19-23-10-17(11-24-19)15-4-2-13(3-5-15)14-6-8-16(9-7-14)18(21)22;20-18(21)15-7-5-13(6-8-15)12-1-3-14(4-2-12)16-9-10-17(19(22)23)24-11-16/h2-11,20H,1H3,(H3,21,22);1-11H,(H3,20,21)(H3,22,23). The number of hydrogen-bond donors (Lipinski definition) is 7. The van der Waals surface area contributed by atoms with Crippen LogP contribution in [0.25, 0.3) is 44.5 Å². The van der Waals surface area contributed by atoms with Gasteiger partial charge in [-0.15, -0.1) is 0 Å². The number of nitrogens with one attached hydrogen (secondary N) is 4. The van der Waals surface area contributed by atoms with E-state index < -0.39 is 0 Å². The second kappa shape index (κ2) is 14.5. The van der Waals surface area contributed by atoms with Gasteiger partial charge in [-0.2, -0.15) is 0 Å². The zero-order chi connectivity index (χ0) is 34.2. The number of nitrogen functional groups attached to an aromatic ring is 3. The molecule has 10 heteroatoms.